The number of carbonyl (C=O) groups excluding carboxylic acids is 1. The molecule has 0 unspecified atom stereocenters. The Balaban J connectivity index is 2.09. The van der Waals surface area contributed by atoms with Gasteiger partial charge in [0.1, 0.15) is 0 Å². The standard InChI is InChI=1S/C19H19ClN2OS2/c1-24-19(22-10-12-25-13-11-22)17(14-6-8-21-9-7-14)18(23)15-2-4-16(20)5-3-15/h2-9H,10-13H2,1H3. The van der Waals surface area contributed by atoms with Gasteiger partial charge >= 0.3 is 0 Å². The molecule has 3 rings (SSSR count). The average Bonchev–Trinajstić information content (AvgIpc) is 2.67. The lowest BCUT2D eigenvalue weighted by atomic mass is 9.98. The quantitative estimate of drug-likeness (QED) is 0.546. The van der Waals surface area contributed by atoms with Gasteiger partial charge in [-0.15, -0.1) is 11.8 Å². The predicted octanol–water partition coefficient (Wildman–Crippen LogP) is 4.70. The van der Waals surface area contributed by atoms with Crippen LogP contribution in [-0.2, 0) is 0 Å². The van der Waals surface area contributed by atoms with Gasteiger partial charge in [-0.1, -0.05) is 11.6 Å². The molecule has 1 fully saturated rings. The molecule has 0 saturated carbocycles. The minimum atomic E-state index is 0.0189. The fraction of sp³-hybridized carbons (Fsp3) is 0.263. The third-order valence-corrected chi connectivity index (χ3v) is 6.05. The molecule has 0 radical (unpaired) electrons. The molecule has 1 aliphatic rings. The Kier molecular flexibility index (Phi) is 6.45. The largest absolute Gasteiger partial charge is 0.364 e. The molecule has 2 heterocycles. The van der Waals surface area contributed by atoms with Crippen molar-refractivity contribution in [1.82, 2.24) is 9.88 Å². The van der Waals surface area contributed by atoms with E-state index in [1.807, 2.05) is 30.2 Å². The number of benzene rings is 1. The molecule has 1 saturated heterocycles. The summed E-state index contributed by atoms with van der Waals surface area (Å²) in [6, 6.07) is 10.9. The predicted molar refractivity (Wildman–Crippen MR) is 109 cm³/mol. The van der Waals surface area contributed by atoms with Crippen LogP contribution in [0, 0.1) is 0 Å². The third-order valence-electron chi connectivity index (χ3n) is 4.01. The van der Waals surface area contributed by atoms with Gasteiger partial charge in [0.05, 0.1) is 10.6 Å². The highest BCUT2D eigenvalue weighted by Crippen LogP contribution is 2.32. The van der Waals surface area contributed by atoms with Gasteiger partial charge < -0.3 is 4.90 Å². The molecule has 2 aromatic rings. The Hall–Kier alpha value is -1.43. The molecule has 1 aliphatic heterocycles. The molecular weight excluding hydrogens is 372 g/mol. The van der Waals surface area contributed by atoms with Crippen molar-refractivity contribution < 1.29 is 4.79 Å². The fourth-order valence-electron chi connectivity index (χ4n) is 2.77. The molecule has 6 heteroatoms. The summed E-state index contributed by atoms with van der Waals surface area (Å²) >= 11 is 9.57. The van der Waals surface area contributed by atoms with Crippen LogP contribution in [0.2, 0.25) is 5.02 Å². The van der Waals surface area contributed by atoms with Crippen molar-refractivity contribution in [3.05, 3.63) is 70.0 Å². The van der Waals surface area contributed by atoms with Crippen molar-refractivity contribution in [2.45, 2.75) is 0 Å². The van der Waals surface area contributed by atoms with Crippen LogP contribution in [0.3, 0.4) is 0 Å². The van der Waals surface area contributed by atoms with E-state index in [4.69, 9.17) is 11.6 Å². The number of pyridine rings is 1. The van der Waals surface area contributed by atoms with Gasteiger partial charge in [-0.2, -0.15) is 11.8 Å². The van der Waals surface area contributed by atoms with E-state index >= 15 is 0 Å². The summed E-state index contributed by atoms with van der Waals surface area (Å²) in [5, 5.41) is 1.66. The van der Waals surface area contributed by atoms with Crippen LogP contribution in [-0.4, -0.2) is 46.5 Å². The van der Waals surface area contributed by atoms with E-state index in [2.05, 4.69) is 9.88 Å². The Morgan fingerprint density at radius 2 is 1.72 bits per heavy atom. The van der Waals surface area contributed by atoms with Crippen molar-refractivity contribution in [3.8, 4) is 0 Å². The number of hydrogen-bond donors (Lipinski definition) is 0. The molecular formula is C19H19ClN2OS2. The van der Waals surface area contributed by atoms with Gasteiger partial charge in [0.15, 0.2) is 5.78 Å². The van der Waals surface area contributed by atoms with Crippen LogP contribution < -0.4 is 0 Å². The number of nitrogens with zero attached hydrogens (tertiary/aromatic N) is 2. The molecule has 0 N–H and O–H groups in total. The summed E-state index contributed by atoms with van der Waals surface area (Å²) in [5.74, 6) is 2.19. The topological polar surface area (TPSA) is 33.2 Å². The normalized spacial score (nSPS) is 15.7. The summed E-state index contributed by atoms with van der Waals surface area (Å²) < 4.78 is 0. The van der Waals surface area contributed by atoms with Crippen molar-refractivity contribution in [3.63, 3.8) is 0 Å². The SMILES string of the molecule is CSC(=C(C(=O)c1ccc(Cl)cc1)c1ccncc1)N1CCSCC1. The van der Waals surface area contributed by atoms with Crippen LogP contribution in [0.1, 0.15) is 15.9 Å². The highest BCUT2D eigenvalue weighted by molar-refractivity contribution is 8.02. The molecule has 1 aromatic heterocycles. The van der Waals surface area contributed by atoms with Crippen molar-refractivity contribution in [2.24, 2.45) is 0 Å². The van der Waals surface area contributed by atoms with Crippen LogP contribution in [0.15, 0.2) is 53.8 Å². The maximum atomic E-state index is 13.3. The van der Waals surface area contributed by atoms with Crippen LogP contribution >= 0.6 is 35.1 Å². The number of thioether (sulfide) groups is 2. The summed E-state index contributed by atoms with van der Waals surface area (Å²) in [6.07, 6.45) is 5.50. The summed E-state index contributed by atoms with van der Waals surface area (Å²) in [4.78, 5) is 19.8. The second kappa shape index (κ2) is 8.79. The van der Waals surface area contributed by atoms with Gasteiger partial charge in [0, 0.05) is 47.6 Å². The molecule has 130 valence electrons. The number of Topliss-reactive ketones (excluding diaryl/α,β-unsaturated/α-hetero) is 1. The third kappa shape index (κ3) is 4.40. The Morgan fingerprint density at radius 1 is 1.08 bits per heavy atom. The van der Waals surface area contributed by atoms with Crippen molar-refractivity contribution >= 4 is 46.5 Å². The van der Waals surface area contributed by atoms with Crippen LogP contribution in [0.4, 0.5) is 0 Å². The Labute approximate surface area is 161 Å². The summed E-state index contributed by atoms with van der Waals surface area (Å²) in [7, 11) is 0. The monoisotopic (exact) mass is 390 g/mol. The zero-order chi connectivity index (χ0) is 17.6. The molecule has 0 atom stereocenters. The summed E-state index contributed by atoms with van der Waals surface area (Å²) in [5.41, 5.74) is 2.29. The fourth-order valence-corrected chi connectivity index (χ4v) is 4.66. The molecule has 0 amide bonds. The van der Waals surface area contributed by atoms with E-state index in [9.17, 15) is 4.79 Å². The second-order valence-electron chi connectivity index (χ2n) is 5.56. The number of allylic oxidation sites excluding steroid dienone is 1. The zero-order valence-electron chi connectivity index (χ0n) is 13.9. The van der Waals surface area contributed by atoms with E-state index in [-0.39, 0.29) is 5.78 Å². The Bertz CT molecular complexity index is 757. The lowest BCUT2D eigenvalue weighted by Gasteiger charge is -2.31. The van der Waals surface area contributed by atoms with Gasteiger partial charge in [-0.3, -0.25) is 9.78 Å². The maximum absolute atomic E-state index is 13.3. The number of rotatable bonds is 5. The number of halogens is 1. The number of hydrogen-bond acceptors (Lipinski definition) is 5. The second-order valence-corrected chi connectivity index (χ2v) is 8.01. The minimum absolute atomic E-state index is 0.0189. The molecule has 3 nitrogen and oxygen atoms in total. The highest BCUT2D eigenvalue weighted by Gasteiger charge is 2.24. The van der Waals surface area contributed by atoms with E-state index in [0.29, 0.717) is 10.6 Å². The lowest BCUT2D eigenvalue weighted by Crippen LogP contribution is -2.32. The maximum Gasteiger partial charge on any atom is 0.196 e. The van der Waals surface area contributed by atoms with Gasteiger partial charge in [-0.05, 0) is 48.2 Å². The first kappa shape index (κ1) is 18.4. The first-order valence-electron chi connectivity index (χ1n) is 8.02. The van der Waals surface area contributed by atoms with Crippen molar-refractivity contribution in [2.75, 3.05) is 30.9 Å². The molecule has 1 aromatic carbocycles. The van der Waals surface area contributed by atoms with Crippen LogP contribution in [0.5, 0.6) is 0 Å². The van der Waals surface area contributed by atoms with Gasteiger partial charge in [0.25, 0.3) is 0 Å². The average molecular weight is 391 g/mol. The van der Waals surface area contributed by atoms with Gasteiger partial charge in [0.2, 0.25) is 0 Å². The number of carbonyl (C=O) groups is 1. The van der Waals surface area contributed by atoms with Crippen LogP contribution in [0.25, 0.3) is 5.57 Å². The van der Waals surface area contributed by atoms with Gasteiger partial charge in [-0.25, -0.2) is 0 Å². The molecule has 25 heavy (non-hydrogen) atoms. The smallest absolute Gasteiger partial charge is 0.196 e. The first-order chi connectivity index (χ1) is 12.2. The number of aromatic nitrogens is 1. The molecule has 0 spiro atoms. The molecule has 0 bridgehead atoms. The van der Waals surface area contributed by atoms with E-state index in [0.717, 1.165) is 40.8 Å². The van der Waals surface area contributed by atoms with E-state index in [1.165, 1.54) is 0 Å². The van der Waals surface area contributed by atoms with E-state index in [1.54, 1.807) is 48.4 Å². The lowest BCUT2D eigenvalue weighted by molar-refractivity contribution is 0.105. The van der Waals surface area contributed by atoms with E-state index < -0.39 is 0 Å². The summed E-state index contributed by atoms with van der Waals surface area (Å²) in [6.45, 7) is 1.92. The highest BCUT2D eigenvalue weighted by atomic mass is 35.5. The zero-order valence-corrected chi connectivity index (χ0v) is 16.3. The minimum Gasteiger partial charge on any atom is -0.364 e. The number of ketones is 1. The molecule has 0 aliphatic carbocycles. The van der Waals surface area contributed by atoms with Crippen molar-refractivity contribution in [1.29, 1.82) is 0 Å². The first-order valence-corrected chi connectivity index (χ1v) is 10.8. The Morgan fingerprint density at radius 3 is 2.32 bits per heavy atom.